The highest BCUT2D eigenvalue weighted by Gasteiger charge is 2.38. The minimum atomic E-state index is -0.788. The fourth-order valence-corrected chi connectivity index (χ4v) is 2.52. The maximum atomic E-state index is 12.2. The Morgan fingerprint density at radius 2 is 1.89 bits per heavy atom. The molecule has 1 aliphatic heterocycles. The molecule has 0 saturated carbocycles. The van der Waals surface area contributed by atoms with Crippen LogP contribution in [-0.4, -0.2) is 22.1 Å². The van der Waals surface area contributed by atoms with E-state index in [1.807, 2.05) is 42.5 Å². The molecule has 0 radical (unpaired) electrons. The number of amides is 1. The van der Waals surface area contributed by atoms with Crippen molar-refractivity contribution >= 4 is 5.91 Å². The van der Waals surface area contributed by atoms with Crippen molar-refractivity contribution in [3.63, 3.8) is 0 Å². The maximum Gasteiger partial charge on any atom is 0.256 e. The Morgan fingerprint density at radius 3 is 2.61 bits per heavy atom. The zero-order valence-corrected chi connectivity index (χ0v) is 10.0. The smallest absolute Gasteiger partial charge is 0.256 e. The van der Waals surface area contributed by atoms with Crippen LogP contribution in [0.5, 0.6) is 0 Å². The number of aliphatic hydroxyl groups excluding tert-OH is 1. The molecule has 0 bridgehead atoms. The molecule has 1 aliphatic carbocycles. The van der Waals surface area contributed by atoms with Gasteiger partial charge in [0.05, 0.1) is 0 Å². The van der Waals surface area contributed by atoms with Crippen molar-refractivity contribution in [1.82, 2.24) is 4.90 Å². The molecule has 1 atom stereocenters. The first-order valence-electron chi connectivity index (χ1n) is 6.21. The second-order valence-corrected chi connectivity index (χ2v) is 4.65. The van der Waals surface area contributed by atoms with Gasteiger partial charge < -0.3 is 10.0 Å². The summed E-state index contributed by atoms with van der Waals surface area (Å²) in [4.78, 5) is 13.7. The molecule has 1 N–H and O–H groups in total. The van der Waals surface area contributed by atoms with E-state index < -0.39 is 6.23 Å². The molecule has 0 aromatic heterocycles. The summed E-state index contributed by atoms with van der Waals surface area (Å²) < 4.78 is 0. The molecule has 1 aromatic rings. The third kappa shape index (κ3) is 1.77. The Labute approximate surface area is 106 Å². The normalized spacial score (nSPS) is 22.6. The highest BCUT2D eigenvalue weighted by molar-refractivity contribution is 6.02. The van der Waals surface area contributed by atoms with Gasteiger partial charge in [0.25, 0.3) is 5.91 Å². The average Bonchev–Trinajstić information content (AvgIpc) is 2.66. The van der Waals surface area contributed by atoms with Crippen molar-refractivity contribution in [2.75, 3.05) is 0 Å². The van der Waals surface area contributed by atoms with Gasteiger partial charge in [0.2, 0.25) is 0 Å². The van der Waals surface area contributed by atoms with Gasteiger partial charge in [-0.3, -0.25) is 4.79 Å². The number of hydrogen-bond donors (Lipinski definition) is 1. The van der Waals surface area contributed by atoms with E-state index in [4.69, 9.17) is 0 Å². The van der Waals surface area contributed by atoms with Gasteiger partial charge in [-0.2, -0.15) is 0 Å². The number of nitrogens with zero attached hydrogens (tertiary/aromatic N) is 1. The van der Waals surface area contributed by atoms with Crippen molar-refractivity contribution in [3.05, 3.63) is 59.2 Å². The average molecular weight is 241 g/mol. The summed E-state index contributed by atoms with van der Waals surface area (Å²) in [6.45, 7) is 0.454. The molecule has 2 aliphatic rings. The zero-order chi connectivity index (χ0) is 12.5. The molecule has 1 amide bonds. The van der Waals surface area contributed by atoms with E-state index in [0.717, 1.165) is 24.0 Å². The Morgan fingerprint density at radius 1 is 1.17 bits per heavy atom. The SMILES string of the molecule is O=C1C2=CCCC=C2C(O)N1Cc1ccccc1. The molecular formula is C15H15NO2. The first-order valence-corrected chi connectivity index (χ1v) is 6.21. The molecule has 3 rings (SSSR count). The van der Waals surface area contributed by atoms with E-state index in [-0.39, 0.29) is 5.91 Å². The van der Waals surface area contributed by atoms with E-state index >= 15 is 0 Å². The fourth-order valence-electron chi connectivity index (χ4n) is 2.52. The molecular weight excluding hydrogens is 226 g/mol. The summed E-state index contributed by atoms with van der Waals surface area (Å²) in [7, 11) is 0. The molecule has 0 spiro atoms. The molecule has 1 fully saturated rings. The van der Waals surface area contributed by atoms with Crippen LogP contribution in [0.4, 0.5) is 0 Å². The van der Waals surface area contributed by atoms with E-state index in [1.165, 1.54) is 4.90 Å². The lowest BCUT2D eigenvalue weighted by molar-refractivity contribution is -0.131. The van der Waals surface area contributed by atoms with E-state index in [0.29, 0.717) is 12.1 Å². The summed E-state index contributed by atoms with van der Waals surface area (Å²) >= 11 is 0. The number of benzene rings is 1. The molecule has 1 unspecified atom stereocenters. The van der Waals surface area contributed by atoms with Crippen LogP contribution in [0, 0.1) is 0 Å². The number of hydrogen-bond acceptors (Lipinski definition) is 2. The topological polar surface area (TPSA) is 40.5 Å². The summed E-state index contributed by atoms with van der Waals surface area (Å²) in [6, 6.07) is 9.74. The first kappa shape index (κ1) is 11.2. The van der Waals surface area contributed by atoms with Gasteiger partial charge in [-0.15, -0.1) is 0 Å². The lowest BCUT2D eigenvalue weighted by Gasteiger charge is -2.20. The van der Waals surface area contributed by atoms with Crippen LogP contribution in [0.25, 0.3) is 0 Å². The van der Waals surface area contributed by atoms with Crippen LogP contribution < -0.4 is 0 Å². The third-order valence-corrected chi connectivity index (χ3v) is 3.45. The lowest BCUT2D eigenvalue weighted by atomic mass is 10.00. The molecule has 1 heterocycles. The minimum Gasteiger partial charge on any atom is -0.369 e. The molecule has 18 heavy (non-hydrogen) atoms. The van der Waals surface area contributed by atoms with Gasteiger partial charge in [-0.25, -0.2) is 0 Å². The standard InChI is InChI=1S/C15H15NO2/c17-14-12-8-4-5-9-13(12)15(18)16(14)10-11-6-2-1-3-7-11/h1-3,6-9,14,17H,4-5,10H2. The highest BCUT2D eigenvalue weighted by Crippen LogP contribution is 2.33. The summed E-state index contributed by atoms with van der Waals surface area (Å²) in [5, 5.41) is 10.2. The predicted octanol–water partition coefficient (Wildman–Crippen LogP) is 1.99. The van der Waals surface area contributed by atoms with Gasteiger partial charge in [0.15, 0.2) is 6.23 Å². The second-order valence-electron chi connectivity index (χ2n) is 4.65. The second kappa shape index (κ2) is 4.42. The number of likely N-dealkylation sites (tertiary alicyclic amines) is 1. The monoisotopic (exact) mass is 241 g/mol. The fraction of sp³-hybridized carbons (Fsp3) is 0.267. The minimum absolute atomic E-state index is 0.0581. The van der Waals surface area contributed by atoms with Crippen LogP contribution >= 0.6 is 0 Å². The van der Waals surface area contributed by atoms with Gasteiger partial charge in [0, 0.05) is 17.7 Å². The Kier molecular flexibility index (Phi) is 2.76. The van der Waals surface area contributed by atoms with Crippen molar-refractivity contribution in [3.8, 4) is 0 Å². The summed E-state index contributed by atoms with van der Waals surface area (Å²) in [5.41, 5.74) is 2.50. The largest absolute Gasteiger partial charge is 0.369 e. The third-order valence-electron chi connectivity index (χ3n) is 3.45. The number of carbonyl (C=O) groups excluding carboxylic acids is 1. The Hall–Kier alpha value is -1.87. The summed E-state index contributed by atoms with van der Waals surface area (Å²) in [6.07, 6.45) is 4.91. The van der Waals surface area contributed by atoms with Crippen LogP contribution in [0.15, 0.2) is 53.6 Å². The van der Waals surface area contributed by atoms with Gasteiger partial charge >= 0.3 is 0 Å². The van der Waals surface area contributed by atoms with E-state index in [1.54, 1.807) is 0 Å². The summed E-state index contributed by atoms with van der Waals surface area (Å²) in [5.74, 6) is -0.0581. The van der Waals surface area contributed by atoms with Crippen LogP contribution in [-0.2, 0) is 11.3 Å². The van der Waals surface area contributed by atoms with E-state index in [9.17, 15) is 9.90 Å². The molecule has 1 aromatic carbocycles. The molecule has 3 heteroatoms. The number of allylic oxidation sites excluding steroid dienone is 2. The zero-order valence-electron chi connectivity index (χ0n) is 10.0. The van der Waals surface area contributed by atoms with Crippen molar-refractivity contribution < 1.29 is 9.90 Å². The van der Waals surface area contributed by atoms with Crippen molar-refractivity contribution in [1.29, 1.82) is 0 Å². The quantitative estimate of drug-likeness (QED) is 0.860. The van der Waals surface area contributed by atoms with Crippen LogP contribution in [0.3, 0.4) is 0 Å². The Bertz CT molecular complexity index is 531. The van der Waals surface area contributed by atoms with Crippen molar-refractivity contribution in [2.24, 2.45) is 0 Å². The first-order chi connectivity index (χ1) is 8.77. The lowest BCUT2D eigenvalue weighted by Crippen LogP contribution is -2.32. The highest BCUT2D eigenvalue weighted by atomic mass is 16.3. The van der Waals surface area contributed by atoms with E-state index in [2.05, 4.69) is 0 Å². The van der Waals surface area contributed by atoms with Crippen LogP contribution in [0.2, 0.25) is 0 Å². The maximum absolute atomic E-state index is 12.2. The van der Waals surface area contributed by atoms with Crippen LogP contribution in [0.1, 0.15) is 18.4 Å². The number of aliphatic hydroxyl groups is 1. The predicted molar refractivity (Wildman–Crippen MR) is 68.4 cm³/mol. The number of rotatable bonds is 2. The number of fused-ring (bicyclic) bond motifs is 1. The molecule has 92 valence electrons. The van der Waals surface area contributed by atoms with Gasteiger partial charge in [-0.05, 0) is 18.4 Å². The molecule has 3 nitrogen and oxygen atoms in total. The Balaban J connectivity index is 1.88. The molecule has 1 saturated heterocycles. The van der Waals surface area contributed by atoms with Crippen molar-refractivity contribution in [2.45, 2.75) is 25.6 Å². The van der Waals surface area contributed by atoms with Gasteiger partial charge in [0.1, 0.15) is 0 Å². The number of carbonyl (C=O) groups is 1. The van der Waals surface area contributed by atoms with Gasteiger partial charge in [-0.1, -0.05) is 42.5 Å².